The van der Waals surface area contributed by atoms with Gasteiger partial charge in [0, 0.05) is 13.6 Å². The van der Waals surface area contributed by atoms with Crippen molar-refractivity contribution >= 4 is 11.7 Å². The highest BCUT2D eigenvalue weighted by atomic mass is 19.4. The normalized spacial score (nSPS) is 12.7. The van der Waals surface area contributed by atoms with Gasteiger partial charge >= 0.3 is 6.18 Å². The van der Waals surface area contributed by atoms with Crippen LogP contribution >= 0.6 is 0 Å². The van der Waals surface area contributed by atoms with E-state index in [0.29, 0.717) is 11.5 Å². The van der Waals surface area contributed by atoms with Gasteiger partial charge in [0.2, 0.25) is 6.79 Å². The highest BCUT2D eigenvalue weighted by Crippen LogP contribution is 2.33. The number of Topliss-reactive ketones (excluding diaryl/α,β-unsaturated/α-hetero) is 1. The number of benzene rings is 2. The summed E-state index contributed by atoms with van der Waals surface area (Å²) in [6, 6.07) is 9.85. The van der Waals surface area contributed by atoms with Gasteiger partial charge in [0.05, 0.1) is 28.2 Å². The number of likely N-dealkylation sites (N-methyl/N-ethyl adjacent to an activating group) is 1. The van der Waals surface area contributed by atoms with Gasteiger partial charge in [0.15, 0.2) is 11.5 Å². The van der Waals surface area contributed by atoms with Crippen molar-refractivity contribution in [3.63, 3.8) is 0 Å². The van der Waals surface area contributed by atoms with Gasteiger partial charge in [-0.1, -0.05) is 12.1 Å². The number of alkyl halides is 3. The minimum Gasteiger partial charge on any atom is -0.454 e. The minimum absolute atomic E-state index is 0.0648. The predicted octanol–water partition coefficient (Wildman–Crippen LogP) is 4.08. The van der Waals surface area contributed by atoms with Crippen molar-refractivity contribution in [1.29, 1.82) is 0 Å². The molecule has 2 heterocycles. The summed E-state index contributed by atoms with van der Waals surface area (Å²) in [5.74, 6) is -0.375. The van der Waals surface area contributed by atoms with Crippen LogP contribution in [0.4, 0.5) is 13.2 Å². The molecular formula is C23H20F3N3O4. The second-order valence-corrected chi connectivity index (χ2v) is 7.68. The largest absolute Gasteiger partial charge is 0.454 e. The molecule has 0 N–H and O–H groups in total. The minimum atomic E-state index is -4.52. The van der Waals surface area contributed by atoms with Gasteiger partial charge in [0.25, 0.3) is 11.7 Å². The Kier molecular flexibility index (Phi) is 5.61. The quantitative estimate of drug-likeness (QED) is 0.425. The Bertz CT molecular complexity index is 1250. The molecule has 0 aliphatic carbocycles. The molecule has 1 aromatic heterocycles. The maximum atomic E-state index is 13.1. The number of rotatable bonds is 5. The number of fused-ring (bicyclic) bond motifs is 1. The fourth-order valence-corrected chi connectivity index (χ4v) is 3.70. The fourth-order valence-electron chi connectivity index (χ4n) is 3.70. The molecule has 1 aliphatic heterocycles. The highest BCUT2D eigenvalue weighted by Gasteiger charge is 2.32. The van der Waals surface area contributed by atoms with Crippen LogP contribution in [0, 0.1) is 13.8 Å². The van der Waals surface area contributed by atoms with Crippen molar-refractivity contribution < 1.29 is 32.2 Å². The molecule has 172 valence electrons. The number of carbonyl (C=O) groups is 2. The molecule has 0 radical (unpaired) electrons. The van der Waals surface area contributed by atoms with Crippen LogP contribution in [0.5, 0.6) is 11.5 Å². The lowest BCUT2D eigenvalue weighted by Gasteiger charge is -2.17. The van der Waals surface area contributed by atoms with Crippen LogP contribution in [0.25, 0.3) is 5.69 Å². The molecule has 0 atom stereocenters. The van der Waals surface area contributed by atoms with Crippen molar-refractivity contribution in [3.05, 3.63) is 70.5 Å². The molecule has 7 nitrogen and oxygen atoms in total. The molecule has 33 heavy (non-hydrogen) atoms. The Morgan fingerprint density at radius 3 is 2.55 bits per heavy atom. The van der Waals surface area contributed by atoms with Crippen LogP contribution in [0.3, 0.4) is 0 Å². The Labute approximate surface area is 187 Å². The number of amides is 1. The molecule has 0 saturated carbocycles. The van der Waals surface area contributed by atoms with Crippen molar-refractivity contribution in [3.8, 4) is 17.2 Å². The third-order valence-corrected chi connectivity index (χ3v) is 5.33. The van der Waals surface area contributed by atoms with Gasteiger partial charge in [0.1, 0.15) is 0 Å². The third-order valence-electron chi connectivity index (χ3n) is 5.33. The molecule has 0 fully saturated rings. The summed E-state index contributed by atoms with van der Waals surface area (Å²) in [6.45, 7) is 3.36. The first-order valence-electron chi connectivity index (χ1n) is 9.98. The van der Waals surface area contributed by atoms with Crippen LogP contribution in [-0.2, 0) is 17.5 Å². The Balaban J connectivity index is 1.57. The van der Waals surface area contributed by atoms with Gasteiger partial charge in [-0.3, -0.25) is 9.59 Å². The molecule has 1 amide bonds. The molecule has 0 bridgehead atoms. The van der Waals surface area contributed by atoms with Gasteiger partial charge < -0.3 is 14.4 Å². The number of aryl methyl sites for hydroxylation is 1. The molecule has 10 heteroatoms. The van der Waals surface area contributed by atoms with E-state index in [0.717, 1.165) is 17.7 Å². The lowest BCUT2D eigenvalue weighted by molar-refractivity contribution is -0.137. The summed E-state index contributed by atoms with van der Waals surface area (Å²) in [5.41, 5.74) is 0.651. The van der Waals surface area contributed by atoms with E-state index in [9.17, 15) is 22.8 Å². The zero-order valence-corrected chi connectivity index (χ0v) is 18.1. The first kappa shape index (κ1) is 22.4. The number of nitrogens with zero attached hydrogens (tertiary/aromatic N) is 3. The summed E-state index contributed by atoms with van der Waals surface area (Å²) in [6.07, 6.45) is -4.52. The second-order valence-electron chi connectivity index (χ2n) is 7.68. The number of ketones is 1. The van der Waals surface area contributed by atoms with Gasteiger partial charge in [-0.2, -0.15) is 18.3 Å². The van der Waals surface area contributed by atoms with E-state index in [1.165, 1.54) is 35.7 Å². The number of aromatic nitrogens is 2. The van der Waals surface area contributed by atoms with E-state index >= 15 is 0 Å². The second kappa shape index (κ2) is 8.27. The number of ether oxygens (including phenoxy) is 2. The van der Waals surface area contributed by atoms with Crippen molar-refractivity contribution in [1.82, 2.24) is 14.7 Å². The van der Waals surface area contributed by atoms with Crippen molar-refractivity contribution in [2.45, 2.75) is 26.6 Å². The molecule has 3 aromatic rings. The zero-order chi connectivity index (χ0) is 23.9. The van der Waals surface area contributed by atoms with Gasteiger partial charge in [-0.25, -0.2) is 4.68 Å². The maximum Gasteiger partial charge on any atom is 0.416 e. The summed E-state index contributed by atoms with van der Waals surface area (Å²) in [5, 5.41) is 4.22. The summed E-state index contributed by atoms with van der Waals surface area (Å²) >= 11 is 0. The van der Waals surface area contributed by atoms with Crippen molar-refractivity contribution in [2.75, 3.05) is 13.8 Å². The average Bonchev–Trinajstić information content (AvgIpc) is 3.35. The Morgan fingerprint density at radius 2 is 1.82 bits per heavy atom. The van der Waals surface area contributed by atoms with E-state index < -0.39 is 23.4 Å². The first-order chi connectivity index (χ1) is 15.6. The first-order valence-corrected chi connectivity index (χ1v) is 9.98. The number of carbonyl (C=O) groups excluding carboxylic acids is 2. The monoisotopic (exact) mass is 459 g/mol. The lowest BCUT2D eigenvalue weighted by atomic mass is 10.1. The molecule has 0 saturated heterocycles. The Morgan fingerprint density at radius 1 is 1.09 bits per heavy atom. The average molecular weight is 459 g/mol. The number of halogens is 3. The fraction of sp³-hybridized carbons (Fsp3) is 0.261. The standard InChI is InChI=1S/C23H20F3N3O4/c1-13-20(14(2)29(27-13)17-6-4-5-16(10-17)23(24,25)26)21(30)22(31)28(3)11-15-7-8-18-19(9-15)33-12-32-18/h4-10H,11-12H2,1-3H3. The van der Waals surface area contributed by atoms with E-state index in [1.807, 2.05) is 0 Å². The topological polar surface area (TPSA) is 73.7 Å². The zero-order valence-electron chi connectivity index (χ0n) is 18.1. The Hall–Kier alpha value is -3.82. The summed E-state index contributed by atoms with van der Waals surface area (Å²) < 4.78 is 51.1. The molecule has 1 aliphatic rings. The lowest BCUT2D eigenvalue weighted by Crippen LogP contribution is -2.33. The smallest absolute Gasteiger partial charge is 0.416 e. The van der Waals surface area contributed by atoms with Gasteiger partial charge in [-0.05, 0) is 49.7 Å². The SMILES string of the molecule is Cc1nn(-c2cccc(C(F)(F)F)c2)c(C)c1C(=O)C(=O)N(C)Cc1ccc2c(c1)OCO2. The third kappa shape index (κ3) is 4.28. The highest BCUT2D eigenvalue weighted by molar-refractivity contribution is 6.43. The predicted molar refractivity (Wildman–Crippen MR) is 111 cm³/mol. The van der Waals surface area contributed by atoms with E-state index in [4.69, 9.17) is 9.47 Å². The summed E-state index contributed by atoms with van der Waals surface area (Å²) in [7, 11) is 1.49. The molecule has 0 spiro atoms. The van der Waals surface area contributed by atoms with E-state index in [-0.39, 0.29) is 36.0 Å². The molecule has 2 aromatic carbocycles. The van der Waals surface area contributed by atoms with Crippen molar-refractivity contribution in [2.24, 2.45) is 0 Å². The van der Waals surface area contributed by atoms with Crippen LogP contribution < -0.4 is 9.47 Å². The van der Waals surface area contributed by atoms with E-state index in [2.05, 4.69) is 5.10 Å². The summed E-state index contributed by atoms with van der Waals surface area (Å²) in [4.78, 5) is 27.1. The van der Waals surface area contributed by atoms with Crippen LogP contribution in [0.1, 0.15) is 32.9 Å². The number of hydrogen-bond acceptors (Lipinski definition) is 5. The van der Waals surface area contributed by atoms with Gasteiger partial charge in [-0.15, -0.1) is 0 Å². The van der Waals surface area contributed by atoms with Crippen LogP contribution in [0.15, 0.2) is 42.5 Å². The molecule has 0 unspecified atom stereocenters. The van der Waals surface area contributed by atoms with Crippen LogP contribution in [0.2, 0.25) is 0 Å². The number of hydrogen-bond donors (Lipinski definition) is 0. The molecular weight excluding hydrogens is 439 g/mol. The molecule has 4 rings (SSSR count). The maximum absolute atomic E-state index is 13.1. The van der Waals surface area contributed by atoms with Crippen LogP contribution in [-0.4, -0.2) is 40.2 Å². The van der Waals surface area contributed by atoms with E-state index in [1.54, 1.807) is 25.1 Å².